The summed E-state index contributed by atoms with van der Waals surface area (Å²) in [6.07, 6.45) is 2.76. The first kappa shape index (κ1) is 12.8. The summed E-state index contributed by atoms with van der Waals surface area (Å²) in [5.74, 6) is 0.568. The zero-order valence-electron chi connectivity index (χ0n) is 9.61. The van der Waals surface area contributed by atoms with Gasteiger partial charge in [0, 0.05) is 17.8 Å². The summed E-state index contributed by atoms with van der Waals surface area (Å²) in [4.78, 5) is 12.9. The lowest BCUT2D eigenvalue weighted by molar-refractivity contribution is -0.137. The lowest BCUT2D eigenvalue weighted by Gasteiger charge is -2.37. The molecule has 0 spiro atoms. The predicted molar refractivity (Wildman–Crippen MR) is 64.4 cm³/mol. The summed E-state index contributed by atoms with van der Waals surface area (Å²) in [6.45, 7) is 6.04. The van der Waals surface area contributed by atoms with Crippen molar-refractivity contribution in [3.05, 3.63) is 0 Å². The van der Waals surface area contributed by atoms with Crippen LogP contribution in [0.1, 0.15) is 33.1 Å². The molecule has 0 saturated carbocycles. The second-order valence-electron chi connectivity index (χ2n) is 4.06. The highest BCUT2D eigenvalue weighted by molar-refractivity contribution is 7.99. The van der Waals surface area contributed by atoms with Gasteiger partial charge in [-0.05, 0) is 25.1 Å². The molecular formula is C11H21NO2S. The Hall–Kier alpha value is -0.220. The van der Waals surface area contributed by atoms with Crippen molar-refractivity contribution in [2.45, 2.75) is 44.4 Å². The number of rotatable bonds is 5. The smallest absolute Gasteiger partial charge is 0.304 e. The molecule has 1 rings (SSSR count). The standard InChI is InChI=1S/C11H21NO2S/c1-3-12(7-6-11(13)14)10-5-4-8-15-9(10)2/h9-10H,3-8H2,1-2H3,(H,13,14). The monoisotopic (exact) mass is 231 g/mol. The van der Waals surface area contributed by atoms with Crippen molar-refractivity contribution in [1.82, 2.24) is 4.90 Å². The molecule has 0 aromatic rings. The fourth-order valence-corrected chi connectivity index (χ4v) is 3.42. The van der Waals surface area contributed by atoms with Crippen LogP contribution in [0.4, 0.5) is 0 Å². The third-order valence-electron chi connectivity index (χ3n) is 3.05. The lowest BCUT2D eigenvalue weighted by atomic mass is 10.1. The first-order valence-corrected chi connectivity index (χ1v) is 6.77. The van der Waals surface area contributed by atoms with Crippen molar-refractivity contribution in [2.75, 3.05) is 18.8 Å². The van der Waals surface area contributed by atoms with E-state index in [9.17, 15) is 4.79 Å². The highest BCUT2D eigenvalue weighted by Crippen LogP contribution is 2.28. The van der Waals surface area contributed by atoms with E-state index < -0.39 is 5.97 Å². The van der Waals surface area contributed by atoms with Gasteiger partial charge in [-0.25, -0.2) is 0 Å². The number of nitrogens with zero attached hydrogens (tertiary/aromatic N) is 1. The van der Waals surface area contributed by atoms with E-state index in [2.05, 4.69) is 18.7 Å². The minimum Gasteiger partial charge on any atom is -0.481 e. The molecule has 0 amide bonds. The first-order chi connectivity index (χ1) is 7.15. The minimum atomic E-state index is -0.690. The van der Waals surface area contributed by atoms with Gasteiger partial charge in [0.15, 0.2) is 0 Å². The Morgan fingerprint density at radius 2 is 2.33 bits per heavy atom. The summed E-state index contributed by atoms with van der Waals surface area (Å²) in [7, 11) is 0. The number of carboxylic acid groups (broad SMARTS) is 1. The molecule has 0 aromatic carbocycles. The number of carboxylic acids is 1. The Bertz CT molecular complexity index is 211. The van der Waals surface area contributed by atoms with Crippen molar-refractivity contribution in [3.8, 4) is 0 Å². The third kappa shape index (κ3) is 4.03. The third-order valence-corrected chi connectivity index (χ3v) is 4.42. The highest BCUT2D eigenvalue weighted by atomic mass is 32.2. The molecule has 1 fully saturated rings. The molecule has 1 N–H and O–H groups in total. The minimum absolute atomic E-state index is 0.266. The van der Waals surface area contributed by atoms with Crippen molar-refractivity contribution in [2.24, 2.45) is 0 Å². The van der Waals surface area contributed by atoms with Gasteiger partial charge in [0.25, 0.3) is 0 Å². The van der Waals surface area contributed by atoms with Gasteiger partial charge < -0.3 is 5.11 Å². The fraction of sp³-hybridized carbons (Fsp3) is 0.909. The van der Waals surface area contributed by atoms with E-state index in [4.69, 9.17) is 5.11 Å². The summed E-state index contributed by atoms with van der Waals surface area (Å²) in [6, 6.07) is 0.577. The largest absolute Gasteiger partial charge is 0.481 e. The maximum atomic E-state index is 10.6. The molecule has 0 aliphatic carbocycles. The number of aliphatic carboxylic acids is 1. The molecule has 2 unspecified atom stereocenters. The molecule has 88 valence electrons. The summed E-state index contributed by atoms with van der Waals surface area (Å²) in [5.41, 5.74) is 0. The molecule has 4 heteroatoms. The molecule has 1 heterocycles. The average Bonchev–Trinajstić information content (AvgIpc) is 2.21. The number of hydrogen-bond acceptors (Lipinski definition) is 3. The quantitative estimate of drug-likeness (QED) is 0.786. The zero-order chi connectivity index (χ0) is 11.3. The van der Waals surface area contributed by atoms with E-state index in [-0.39, 0.29) is 6.42 Å². The number of hydrogen-bond donors (Lipinski definition) is 1. The fourth-order valence-electron chi connectivity index (χ4n) is 2.18. The van der Waals surface area contributed by atoms with Gasteiger partial charge in [-0.2, -0.15) is 11.8 Å². The van der Waals surface area contributed by atoms with Crippen LogP contribution in [0.2, 0.25) is 0 Å². The molecular weight excluding hydrogens is 210 g/mol. The van der Waals surface area contributed by atoms with Crippen LogP contribution in [0.25, 0.3) is 0 Å². The lowest BCUT2D eigenvalue weighted by Crippen LogP contribution is -2.44. The van der Waals surface area contributed by atoms with Crippen molar-refractivity contribution in [3.63, 3.8) is 0 Å². The molecule has 1 saturated heterocycles. The average molecular weight is 231 g/mol. The molecule has 3 nitrogen and oxygen atoms in total. The molecule has 2 atom stereocenters. The van der Waals surface area contributed by atoms with Gasteiger partial charge in [0.1, 0.15) is 0 Å². The van der Waals surface area contributed by atoms with Crippen LogP contribution in [0, 0.1) is 0 Å². The van der Waals surface area contributed by atoms with Crippen LogP contribution in [0.3, 0.4) is 0 Å². The zero-order valence-corrected chi connectivity index (χ0v) is 10.4. The van der Waals surface area contributed by atoms with Crippen LogP contribution in [-0.4, -0.2) is 46.1 Å². The Balaban J connectivity index is 2.44. The SMILES string of the molecule is CCN(CCC(=O)O)C1CCCSC1C. The van der Waals surface area contributed by atoms with Crippen molar-refractivity contribution >= 4 is 17.7 Å². The maximum absolute atomic E-state index is 10.6. The number of carbonyl (C=O) groups is 1. The van der Waals surface area contributed by atoms with Crippen LogP contribution in [0.5, 0.6) is 0 Å². The maximum Gasteiger partial charge on any atom is 0.304 e. The topological polar surface area (TPSA) is 40.5 Å². The van der Waals surface area contributed by atoms with E-state index in [1.807, 2.05) is 11.8 Å². The Morgan fingerprint density at radius 1 is 1.60 bits per heavy atom. The van der Waals surface area contributed by atoms with Crippen LogP contribution < -0.4 is 0 Å². The summed E-state index contributed by atoms with van der Waals surface area (Å²) < 4.78 is 0. The normalized spacial score (nSPS) is 26.9. The second-order valence-corrected chi connectivity index (χ2v) is 5.54. The molecule has 1 aliphatic heterocycles. The van der Waals surface area contributed by atoms with Crippen LogP contribution in [-0.2, 0) is 4.79 Å². The van der Waals surface area contributed by atoms with Gasteiger partial charge in [0.2, 0.25) is 0 Å². The van der Waals surface area contributed by atoms with Gasteiger partial charge in [-0.3, -0.25) is 9.69 Å². The van der Waals surface area contributed by atoms with E-state index in [0.717, 1.165) is 6.54 Å². The van der Waals surface area contributed by atoms with Crippen molar-refractivity contribution < 1.29 is 9.90 Å². The summed E-state index contributed by atoms with van der Waals surface area (Å²) >= 11 is 2.02. The predicted octanol–water partition coefficient (Wildman–Crippen LogP) is 2.07. The Kier molecular flexibility index (Phi) is 5.47. The van der Waals surface area contributed by atoms with E-state index in [0.29, 0.717) is 17.8 Å². The summed E-state index contributed by atoms with van der Waals surface area (Å²) in [5, 5.41) is 9.34. The van der Waals surface area contributed by atoms with E-state index in [1.165, 1.54) is 18.6 Å². The first-order valence-electron chi connectivity index (χ1n) is 5.72. The number of thioether (sulfide) groups is 1. The van der Waals surface area contributed by atoms with E-state index >= 15 is 0 Å². The van der Waals surface area contributed by atoms with Crippen molar-refractivity contribution in [1.29, 1.82) is 0 Å². The van der Waals surface area contributed by atoms with Crippen LogP contribution in [0.15, 0.2) is 0 Å². The second kappa shape index (κ2) is 6.38. The Morgan fingerprint density at radius 3 is 2.87 bits per heavy atom. The highest BCUT2D eigenvalue weighted by Gasteiger charge is 2.26. The Labute approximate surface area is 96.2 Å². The van der Waals surface area contributed by atoms with Crippen LogP contribution >= 0.6 is 11.8 Å². The molecule has 0 aromatic heterocycles. The van der Waals surface area contributed by atoms with Gasteiger partial charge >= 0.3 is 5.97 Å². The van der Waals surface area contributed by atoms with Gasteiger partial charge in [-0.1, -0.05) is 13.8 Å². The molecule has 15 heavy (non-hydrogen) atoms. The van der Waals surface area contributed by atoms with Gasteiger partial charge in [0.05, 0.1) is 6.42 Å². The van der Waals surface area contributed by atoms with Gasteiger partial charge in [-0.15, -0.1) is 0 Å². The van der Waals surface area contributed by atoms with E-state index in [1.54, 1.807) is 0 Å². The molecule has 1 aliphatic rings. The molecule has 0 bridgehead atoms. The molecule has 0 radical (unpaired) electrons.